The lowest BCUT2D eigenvalue weighted by Crippen LogP contribution is -2.43. The Balaban J connectivity index is 1.71. The van der Waals surface area contributed by atoms with E-state index < -0.39 is 6.10 Å². The molecule has 2 aromatic carbocycles. The van der Waals surface area contributed by atoms with Crippen LogP contribution in [0.15, 0.2) is 30.3 Å². The van der Waals surface area contributed by atoms with Crippen LogP contribution in [0.4, 0.5) is 0 Å². The summed E-state index contributed by atoms with van der Waals surface area (Å²) < 4.78 is 5.67. The molecule has 0 bridgehead atoms. The molecule has 5 nitrogen and oxygen atoms in total. The first-order valence-electron chi connectivity index (χ1n) is 7.79. The monoisotopic (exact) mass is 381 g/mol. The van der Waals surface area contributed by atoms with Gasteiger partial charge in [0, 0.05) is 18.1 Å². The summed E-state index contributed by atoms with van der Waals surface area (Å²) in [5.74, 6) is -0.117. The fraction of sp³-hybridized carbons (Fsp3) is 0.278. The Bertz CT molecular complexity index is 825. The van der Waals surface area contributed by atoms with Crippen molar-refractivity contribution in [2.45, 2.75) is 26.0 Å². The van der Waals surface area contributed by atoms with Crippen molar-refractivity contribution in [1.29, 1.82) is 0 Å². The number of carbonyl (C=O) groups excluding carboxylic acids is 1. The minimum absolute atomic E-state index is 0.146. The summed E-state index contributed by atoms with van der Waals surface area (Å²) in [6, 6.07) is 7.86. The van der Waals surface area contributed by atoms with E-state index in [1.807, 2.05) is 0 Å². The lowest BCUT2D eigenvalue weighted by Gasteiger charge is -2.31. The summed E-state index contributed by atoms with van der Waals surface area (Å²) in [7, 11) is 0. The van der Waals surface area contributed by atoms with Gasteiger partial charge in [-0.2, -0.15) is 0 Å². The molecule has 1 aliphatic rings. The van der Waals surface area contributed by atoms with Gasteiger partial charge in [-0.15, -0.1) is 0 Å². The number of amides is 1. The SMILES string of the molecule is CC(Oc1ccc(Cl)cc1Cl)C(=O)N1CCc2cc(O)c(O)cc2C1. The lowest BCUT2D eigenvalue weighted by molar-refractivity contribution is -0.138. The number of nitrogens with zero attached hydrogens (tertiary/aromatic N) is 1. The van der Waals surface area contributed by atoms with Crippen molar-refractivity contribution >= 4 is 29.1 Å². The number of carbonyl (C=O) groups is 1. The van der Waals surface area contributed by atoms with Gasteiger partial charge in [0.1, 0.15) is 5.75 Å². The molecule has 2 aromatic rings. The largest absolute Gasteiger partial charge is 0.504 e. The number of halogens is 2. The molecule has 0 spiro atoms. The van der Waals surface area contributed by atoms with Gasteiger partial charge >= 0.3 is 0 Å². The third-order valence-corrected chi connectivity index (χ3v) is 4.70. The van der Waals surface area contributed by atoms with Crippen LogP contribution in [0.25, 0.3) is 0 Å². The van der Waals surface area contributed by atoms with Gasteiger partial charge < -0.3 is 19.8 Å². The quantitative estimate of drug-likeness (QED) is 0.794. The van der Waals surface area contributed by atoms with Crippen molar-refractivity contribution in [2.24, 2.45) is 0 Å². The van der Waals surface area contributed by atoms with Crippen molar-refractivity contribution in [2.75, 3.05) is 6.54 Å². The molecule has 7 heteroatoms. The highest BCUT2D eigenvalue weighted by atomic mass is 35.5. The van der Waals surface area contributed by atoms with Crippen molar-refractivity contribution in [3.05, 3.63) is 51.5 Å². The van der Waals surface area contributed by atoms with Crippen LogP contribution in [-0.4, -0.2) is 33.7 Å². The van der Waals surface area contributed by atoms with Crippen LogP contribution >= 0.6 is 23.2 Å². The fourth-order valence-corrected chi connectivity index (χ4v) is 3.29. The Hall–Kier alpha value is -2.11. The Morgan fingerprint density at radius 3 is 2.52 bits per heavy atom. The predicted octanol–water partition coefficient (Wildman–Crippen LogP) is 3.76. The first-order chi connectivity index (χ1) is 11.8. The number of hydrogen-bond donors (Lipinski definition) is 2. The molecule has 0 saturated carbocycles. The first-order valence-corrected chi connectivity index (χ1v) is 8.55. The maximum Gasteiger partial charge on any atom is 0.263 e. The van der Waals surface area contributed by atoms with Crippen molar-refractivity contribution in [3.63, 3.8) is 0 Å². The number of benzene rings is 2. The Morgan fingerprint density at radius 1 is 1.16 bits per heavy atom. The molecular weight excluding hydrogens is 365 g/mol. The zero-order valence-electron chi connectivity index (χ0n) is 13.5. The third-order valence-electron chi connectivity index (χ3n) is 4.17. The highest BCUT2D eigenvalue weighted by molar-refractivity contribution is 6.35. The molecule has 0 fully saturated rings. The molecule has 0 radical (unpaired) electrons. The second-order valence-corrected chi connectivity index (χ2v) is 6.80. The van der Waals surface area contributed by atoms with Crippen LogP contribution < -0.4 is 4.74 Å². The Labute approximate surface area is 155 Å². The van der Waals surface area contributed by atoms with Crippen LogP contribution in [0, 0.1) is 0 Å². The van der Waals surface area contributed by atoms with E-state index in [9.17, 15) is 15.0 Å². The van der Waals surface area contributed by atoms with Crippen LogP contribution in [0.2, 0.25) is 10.0 Å². The van der Waals surface area contributed by atoms with E-state index in [-0.39, 0.29) is 17.4 Å². The molecule has 1 unspecified atom stereocenters. The minimum Gasteiger partial charge on any atom is -0.504 e. The van der Waals surface area contributed by atoms with E-state index >= 15 is 0 Å². The minimum atomic E-state index is -0.717. The molecular formula is C18H17Cl2NO4. The number of aromatic hydroxyl groups is 2. The summed E-state index contributed by atoms with van der Waals surface area (Å²) >= 11 is 11.9. The highest BCUT2D eigenvalue weighted by Crippen LogP contribution is 2.32. The van der Waals surface area contributed by atoms with E-state index in [1.165, 1.54) is 6.07 Å². The summed E-state index contributed by atoms with van der Waals surface area (Å²) in [6.45, 7) is 2.53. The van der Waals surface area contributed by atoms with E-state index in [2.05, 4.69) is 0 Å². The van der Waals surface area contributed by atoms with Gasteiger partial charge in [0.2, 0.25) is 0 Å². The average molecular weight is 382 g/mol. The molecule has 1 atom stereocenters. The van der Waals surface area contributed by atoms with E-state index in [0.29, 0.717) is 35.3 Å². The molecule has 0 saturated heterocycles. The van der Waals surface area contributed by atoms with Gasteiger partial charge in [-0.1, -0.05) is 23.2 Å². The second-order valence-electron chi connectivity index (χ2n) is 5.95. The topological polar surface area (TPSA) is 70.0 Å². The molecule has 25 heavy (non-hydrogen) atoms. The number of phenols is 2. The maximum absolute atomic E-state index is 12.7. The second kappa shape index (κ2) is 7.02. The van der Waals surface area contributed by atoms with Crippen molar-refractivity contribution < 1.29 is 19.7 Å². The molecule has 1 amide bonds. The highest BCUT2D eigenvalue weighted by Gasteiger charge is 2.27. The van der Waals surface area contributed by atoms with E-state index in [4.69, 9.17) is 27.9 Å². The summed E-state index contributed by atoms with van der Waals surface area (Å²) in [4.78, 5) is 14.3. The standard InChI is InChI=1S/C18H17Cl2NO4/c1-10(25-17-3-2-13(19)8-14(17)20)18(24)21-5-4-11-6-15(22)16(23)7-12(11)9-21/h2-3,6-8,10,22-23H,4-5,9H2,1H3. The summed E-state index contributed by atoms with van der Waals surface area (Å²) in [6.07, 6.45) is -0.116. The van der Waals surface area contributed by atoms with Gasteiger partial charge in [-0.05, 0) is 54.8 Å². The van der Waals surface area contributed by atoms with Gasteiger partial charge in [0.25, 0.3) is 5.91 Å². The molecule has 132 valence electrons. The number of hydrogen-bond acceptors (Lipinski definition) is 4. The van der Waals surface area contributed by atoms with Crippen LogP contribution in [-0.2, 0) is 17.8 Å². The maximum atomic E-state index is 12.7. The fourth-order valence-electron chi connectivity index (χ4n) is 2.84. The molecule has 0 aliphatic carbocycles. The van der Waals surface area contributed by atoms with Crippen molar-refractivity contribution in [3.8, 4) is 17.2 Å². The van der Waals surface area contributed by atoms with Gasteiger partial charge in [0.15, 0.2) is 17.6 Å². The van der Waals surface area contributed by atoms with Crippen LogP contribution in [0.1, 0.15) is 18.1 Å². The predicted molar refractivity (Wildman–Crippen MR) is 95.4 cm³/mol. The van der Waals surface area contributed by atoms with Crippen molar-refractivity contribution in [1.82, 2.24) is 4.90 Å². The molecule has 3 rings (SSSR count). The number of rotatable bonds is 3. The van der Waals surface area contributed by atoms with Crippen LogP contribution in [0.3, 0.4) is 0 Å². The van der Waals surface area contributed by atoms with Gasteiger partial charge in [-0.25, -0.2) is 0 Å². The normalized spacial score (nSPS) is 14.8. The Morgan fingerprint density at radius 2 is 1.84 bits per heavy atom. The average Bonchev–Trinajstić information content (AvgIpc) is 2.57. The molecule has 1 aliphatic heterocycles. The van der Waals surface area contributed by atoms with E-state index in [0.717, 1.165) is 11.1 Å². The summed E-state index contributed by atoms with van der Waals surface area (Å²) in [5.41, 5.74) is 1.74. The lowest BCUT2D eigenvalue weighted by atomic mass is 9.98. The van der Waals surface area contributed by atoms with E-state index in [1.54, 1.807) is 36.1 Å². The smallest absolute Gasteiger partial charge is 0.263 e. The zero-order chi connectivity index (χ0) is 18.1. The number of phenolic OH excluding ortho intramolecular Hbond substituents is 2. The molecule has 2 N–H and O–H groups in total. The Kier molecular flexibility index (Phi) is 4.97. The molecule has 0 aromatic heterocycles. The number of ether oxygens (including phenoxy) is 1. The van der Waals surface area contributed by atoms with Gasteiger partial charge in [-0.3, -0.25) is 4.79 Å². The third kappa shape index (κ3) is 3.78. The summed E-state index contributed by atoms with van der Waals surface area (Å²) in [5, 5.41) is 20.1. The molecule has 1 heterocycles. The van der Waals surface area contributed by atoms with Crippen LogP contribution in [0.5, 0.6) is 17.2 Å². The zero-order valence-corrected chi connectivity index (χ0v) is 15.0. The first kappa shape index (κ1) is 17.7. The number of fused-ring (bicyclic) bond motifs is 1. The van der Waals surface area contributed by atoms with Gasteiger partial charge in [0.05, 0.1) is 5.02 Å².